The van der Waals surface area contributed by atoms with Crippen molar-refractivity contribution in [1.29, 1.82) is 10.5 Å². The fourth-order valence-corrected chi connectivity index (χ4v) is 2.68. The highest BCUT2D eigenvalue weighted by molar-refractivity contribution is 5.90. The van der Waals surface area contributed by atoms with Gasteiger partial charge in [-0.3, -0.25) is 4.79 Å². The van der Waals surface area contributed by atoms with Gasteiger partial charge in [-0.1, -0.05) is 0 Å². The normalized spacial score (nSPS) is 18.2. The Morgan fingerprint density at radius 3 is 2.77 bits per heavy atom. The van der Waals surface area contributed by atoms with E-state index in [2.05, 4.69) is 16.3 Å². The number of likely N-dealkylation sites (tertiary alicyclic amines) is 1. The van der Waals surface area contributed by atoms with Gasteiger partial charge in [-0.2, -0.15) is 10.5 Å². The van der Waals surface area contributed by atoms with Crippen molar-refractivity contribution in [2.45, 2.75) is 25.7 Å². The van der Waals surface area contributed by atoms with Crippen LogP contribution in [0.3, 0.4) is 0 Å². The van der Waals surface area contributed by atoms with Crippen molar-refractivity contribution in [1.82, 2.24) is 4.90 Å². The van der Waals surface area contributed by atoms with Gasteiger partial charge in [0.05, 0.1) is 23.6 Å². The summed E-state index contributed by atoms with van der Waals surface area (Å²) in [6.07, 6.45) is 3.32. The number of nitrogens with zero attached hydrogens (tertiary/aromatic N) is 3. The van der Waals surface area contributed by atoms with Crippen LogP contribution in [0.5, 0.6) is 0 Å². The van der Waals surface area contributed by atoms with Gasteiger partial charge < -0.3 is 10.2 Å². The molecule has 5 heteroatoms. The van der Waals surface area contributed by atoms with E-state index in [1.165, 1.54) is 0 Å². The zero-order valence-electron chi connectivity index (χ0n) is 12.6. The Labute approximate surface area is 131 Å². The molecule has 2 rings (SSSR count). The Hall–Kier alpha value is -2.37. The first-order valence-corrected chi connectivity index (χ1v) is 7.63. The number of hydrogen-bond donors (Lipinski definition) is 1. The van der Waals surface area contributed by atoms with Gasteiger partial charge in [0.2, 0.25) is 5.91 Å². The molecule has 0 unspecified atom stereocenters. The minimum absolute atomic E-state index is 0.0152. The molecule has 1 atom stereocenters. The molecule has 1 amide bonds. The predicted molar refractivity (Wildman–Crippen MR) is 83.8 cm³/mol. The number of nitriles is 2. The average Bonchev–Trinajstić information content (AvgIpc) is 2.56. The zero-order chi connectivity index (χ0) is 15.8. The van der Waals surface area contributed by atoms with E-state index in [4.69, 9.17) is 10.5 Å². The third-order valence-corrected chi connectivity index (χ3v) is 3.86. The van der Waals surface area contributed by atoms with Crippen molar-refractivity contribution in [3.63, 3.8) is 0 Å². The second-order valence-corrected chi connectivity index (χ2v) is 5.61. The van der Waals surface area contributed by atoms with E-state index < -0.39 is 0 Å². The first-order valence-electron chi connectivity index (χ1n) is 7.63. The fraction of sp³-hybridized carbons (Fsp3) is 0.471. The van der Waals surface area contributed by atoms with E-state index in [0.717, 1.165) is 38.9 Å². The molecule has 1 aromatic carbocycles. The van der Waals surface area contributed by atoms with E-state index in [-0.39, 0.29) is 11.8 Å². The summed E-state index contributed by atoms with van der Waals surface area (Å²) in [6, 6.07) is 11.2. The van der Waals surface area contributed by atoms with Crippen LogP contribution < -0.4 is 5.32 Å². The van der Waals surface area contributed by atoms with Crippen molar-refractivity contribution < 1.29 is 4.79 Å². The minimum atomic E-state index is -0.0152. The first-order chi connectivity index (χ1) is 10.7. The average molecular weight is 296 g/mol. The Morgan fingerprint density at radius 1 is 1.32 bits per heavy atom. The number of rotatable bonds is 5. The molecule has 1 aromatic rings. The quantitative estimate of drug-likeness (QED) is 0.905. The number of carbonyl (C=O) groups excluding carboxylic acids is 1. The van der Waals surface area contributed by atoms with E-state index in [0.29, 0.717) is 17.7 Å². The molecule has 0 radical (unpaired) electrons. The molecule has 1 aliphatic rings. The summed E-state index contributed by atoms with van der Waals surface area (Å²) in [7, 11) is 0. The van der Waals surface area contributed by atoms with Crippen LogP contribution in [0.25, 0.3) is 0 Å². The molecule has 1 N–H and O–H groups in total. The minimum Gasteiger partial charge on any atom is -0.326 e. The Kier molecular flexibility index (Phi) is 5.94. The van der Waals surface area contributed by atoms with Crippen molar-refractivity contribution in [2.75, 3.05) is 25.0 Å². The molecule has 0 aliphatic carbocycles. The summed E-state index contributed by atoms with van der Waals surface area (Å²) < 4.78 is 0. The lowest BCUT2D eigenvalue weighted by molar-refractivity contribution is -0.116. The molecule has 0 saturated carbocycles. The van der Waals surface area contributed by atoms with Gasteiger partial charge in [0.1, 0.15) is 0 Å². The van der Waals surface area contributed by atoms with Crippen LogP contribution >= 0.6 is 0 Å². The van der Waals surface area contributed by atoms with Gasteiger partial charge in [0, 0.05) is 18.7 Å². The van der Waals surface area contributed by atoms with Gasteiger partial charge >= 0.3 is 0 Å². The number of anilines is 1. The monoisotopic (exact) mass is 296 g/mol. The number of hydrogen-bond acceptors (Lipinski definition) is 4. The van der Waals surface area contributed by atoms with Crippen molar-refractivity contribution >= 4 is 11.6 Å². The van der Waals surface area contributed by atoms with Crippen LogP contribution in [0.15, 0.2) is 24.3 Å². The predicted octanol–water partition coefficient (Wildman–Crippen LogP) is 2.51. The highest BCUT2D eigenvalue weighted by Gasteiger charge is 2.18. The van der Waals surface area contributed by atoms with Gasteiger partial charge in [-0.05, 0) is 56.6 Å². The van der Waals surface area contributed by atoms with E-state index >= 15 is 0 Å². The van der Waals surface area contributed by atoms with Crippen LogP contribution in [-0.4, -0.2) is 30.4 Å². The number of nitrogens with one attached hydrogen (secondary N) is 1. The smallest absolute Gasteiger partial charge is 0.224 e. The fourth-order valence-electron chi connectivity index (χ4n) is 2.68. The molecule has 1 saturated heterocycles. The Bertz CT molecular complexity index is 582. The molecule has 1 fully saturated rings. The highest BCUT2D eigenvalue weighted by Crippen LogP contribution is 2.16. The Balaban J connectivity index is 1.69. The maximum atomic E-state index is 11.9. The lowest BCUT2D eigenvalue weighted by atomic mass is 9.99. The van der Waals surface area contributed by atoms with Crippen LogP contribution in [0, 0.1) is 28.6 Å². The highest BCUT2D eigenvalue weighted by atomic mass is 16.1. The Morgan fingerprint density at radius 2 is 2.09 bits per heavy atom. The summed E-state index contributed by atoms with van der Waals surface area (Å²) in [4.78, 5) is 14.2. The molecular weight excluding hydrogens is 276 g/mol. The summed E-state index contributed by atoms with van der Waals surface area (Å²) in [5.74, 6) is 0.125. The summed E-state index contributed by atoms with van der Waals surface area (Å²) in [6.45, 7) is 2.71. The number of piperidine rings is 1. The molecule has 1 aliphatic heterocycles. The number of carbonyl (C=O) groups is 1. The van der Waals surface area contributed by atoms with E-state index in [1.807, 2.05) is 6.07 Å². The largest absolute Gasteiger partial charge is 0.326 e. The maximum absolute atomic E-state index is 11.9. The van der Waals surface area contributed by atoms with E-state index in [9.17, 15) is 4.79 Å². The summed E-state index contributed by atoms with van der Waals surface area (Å²) in [5.41, 5.74) is 1.29. The molecular formula is C17H20N4O. The molecule has 22 heavy (non-hydrogen) atoms. The van der Waals surface area contributed by atoms with Gasteiger partial charge in [0.15, 0.2) is 0 Å². The molecule has 0 aromatic heterocycles. The lowest BCUT2D eigenvalue weighted by Gasteiger charge is -2.29. The molecule has 114 valence electrons. The lowest BCUT2D eigenvalue weighted by Crippen LogP contribution is -2.35. The van der Waals surface area contributed by atoms with Crippen LogP contribution in [0.4, 0.5) is 5.69 Å². The number of benzene rings is 1. The van der Waals surface area contributed by atoms with Gasteiger partial charge in [-0.15, -0.1) is 0 Å². The zero-order valence-corrected chi connectivity index (χ0v) is 12.6. The third kappa shape index (κ3) is 4.87. The third-order valence-electron chi connectivity index (χ3n) is 3.86. The first kappa shape index (κ1) is 16.0. The van der Waals surface area contributed by atoms with Crippen molar-refractivity contribution in [3.8, 4) is 12.1 Å². The maximum Gasteiger partial charge on any atom is 0.224 e. The number of amides is 1. The van der Waals surface area contributed by atoms with Gasteiger partial charge in [0.25, 0.3) is 0 Å². The standard InChI is InChI=1S/C17H20N4O/c18-11-14-5-7-16(8-6-14)20-17(22)4-2-10-21-9-1-3-15(12-19)13-21/h5-8,15H,1-4,9-10,13H2,(H,20,22)/t15-/m1/s1. The summed E-state index contributed by atoms with van der Waals surface area (Å²) in [5, 5.41) is 20.5. The van der Waals surface area contributed by atoms with Crippen LogP contribution in [0.2, 0.25) is 0 Å². The van der Waals surface area contributed by atoms with Crippen molar-refractivity contribution in [2.24, 2.45) is 5.92 Å². The van der Waals surface area contributed by atoms with Crippen LogP contribution in [-0.2, 0) is 4.79 Å². The van der Waals surface area contributed by atoms with Gasteiger partial charge in [-0.25, -0.2) is 0 Å². The SMILES string of the molecule is N#Cc1ccc(NC(=O)CCCN2CCC[C@H](C#N)C2)cc1. The molecule has 0 bridgehead atoms. The molecule has 1 heterocycles. The van der Waals surface area contributed by atoms with E-state index in [1.54, 1.807) is 24.3 Å². The molecule has 5 nitrogen and oxygen atoms in total. The van der Waals surface area contributed by atoms with Crippen molar-refractivity contribution in [3.05, 3.63) is 29.8 Å². The second kappa shape index (κ2) is 8.17. The second-order valence-electron chi connectivity index (χ2n) is 5.61. The molecule has 0 spiro atoms. The van der Waals surface area contributed by atoms with Crippen LogP contribution in [0.1, 0.15) is 31.2 Å². The summed E-state index contributed by atoms with van der Waals surface area (Å²) >= 11 is 0. The topological polar surface area (TPSA) is 79.9 Å².